The summed E-state index contributed by atoms with van der Waals surface area (Å²) in [5, 5.41) is 20.8. The fraction of sp³-hybridized carbons (Fsp3) is 0.947. The van der Waals surface area contributed by atoms with Crippen LogP contribution in [0.25, 0.3) is 0 Å². The fourth-order valence-corrected chi connectivity index (χ4v) is 10.1. The van der Waals surface area contributed by atoms with Crippen molar-refractivity contribution in [2.75, 3.05) is 13.2 Å². The lowest BCUT2D eigenvalue weighted by atomic mass is 10.0. The number of esters is 3. The molecule has 11 unspecified atom stereocenters. The molecular weight excluding hydrogens is 877 g/mol. The van der Waals surface area contributed by atoms with Gasteiger partial charge in [-0.15, -0.1) is 0 Å². The van der Waals surface area contributed by atoms with Crippen LogP contribution in [0, 0.1) is 0 Å². The molecule has 0 radical (unpaired) electrons. The summed E-state index contributed by atoms with van der Waals surface area (Å²) in [7, 11) is 0. The van der Waals surface area contributed by atoms with E-state index in [0.29, 0.717) is 49.8 Å². The zero-order valence-corrected chi connectivity index (χ0v) is 44.1. The van der Waals surface area contributed by atoms with Gasteiger partial charge in [0, 0.05) is 32.1 Å². The Morgan fingerprint density at radius 1 is 0.391 bits per heavy atom. The van der Waals surface area contributed by atoms with Gasteiger partial charge in [0.05, 0.1) is 61.0 Å². The average molecular weight is 979 g/mol. The van der Waals surface area contributed by atoms with E-state index in [-0.39, 0.29) is 74.5 Å². The molecule has 0 aliphatic carbocycles. The number of hydrogen-bond acceptors (Lipinski definition) is 12. The van der Waals surface area contributed by atoms with Crippen molar-refractivity contribution in [3.63, 3.8) is 0 Å². The van der Waals surface area contributed by atoms with Gasteiger partial charge in [-0.05, 0) is 70.6 Å². The molecule has 4 heterocycles. The van der Waals surface area contributed by atoms with E-state index >= 15 is 0 Å². The van der Waals surface area contributed by atoms with Crippen LogP contribution in [-0.2, 0) is 47.5 Å². The Morgan fingerprint density at radius 3 is 1.22 bits per heavy atom. The van der Waals surface area contributed by atoms with Crippen molar-refractivity contribution in [1.29, 1.82) is 0 Å². The minimum absolute atomic E-state index is 0.128. The molecular formula is C57H102O12. The lowest BCUT2D eigenvalue weighted by Gasteiger charge is -2.18. The number of ether oxygens (including phenoxy) is 7. The lowest BCUT2D eigenvalue weighted by molar-refractivity contribution is -0.167. The SMILES string of the molecule is CCCCCCCCC1OC1CCCCCCCC(=O)OCC(COC(=O)CCCCCCCC1OC1CC(O)CCC1OC1CC)OC(=O)CCCCCCCCC(O)CC1OC1CCCCC. The Labute approximate surface area is 419 Å². The average Bonchev–Trinajstić information content (AvgIpc) is 4.15. The quantitative estimate of drug-likeness (QED) is 0.0256. The zero-order chi connectivity index (χ0) is 49.3. The number of epoxide rings is 4. The van der Waals surface area contributed by atoms with Gasteiger partial charge in [0.25, 0.3) is 0 Å². The molecule has 4 aliphatic heterocycles. The van der Waals surface area contributed by atoms with E-state index in [1.807, 2.05) is 0 Å². The van der Waals surface area contributed by atoms with Crippen molar-refractivity contribution < 1.29 is 57.8 Å². The summed E-state index contributed by atoms with van der Waals surface area (Å²) in [6.07, 6.45) is 38.9. The van der Waals surface area contributed by atoms with E-state index in [0.717, 1.165) is 148 Å². The molecule has 0 amide bonds. The molecule has 12 nitrogen and oxygen atoms in total. The van der Waals surface area contributed by atoms with E-state index in [4.69, 9.17) is 33.2 Å². The molecule has 4 aliphatic rings. The highest BCUT2D eigenvalue weighted by molar-refractivity contribution is 5.71. The van der Waals surface area contributed by atoms with Crippen LogP contribution < -0.4 is 0 Å². The normalized spacial score (nSPS) is 24.7. The molecule has 4 rings (SSSR count). The van der Waals surface area contributed by atoms with Gasteiger partial charge in [-0.3, -0.25) is 14.4 Å². The molecule has 0 saturated carbocycles. The van der Waals surface area contributed by atoms with Gasteiger partial charge in [0.15, 0.2) is 6.10 Å². The first-order chi connectivity index (χ1) is 33.7. The monoisotopic (exact) mass is 979 g/mol. The minimum Gasteiger partial charge on any atom is -0.462 e. The second kappa shape index (κ2) is 37.0. The summed E-state index contributed by atoms with van der Waals surface area (Å²) in [4.78, 5) is 38.3. The van der Waals surface area contributed by atoms with Gasteiger partial charge >= 0.3 is 17.9 Å². The number of carbonyl (C=O) groups is 3. The summed E-state index contributed by atoms with van der Waals surface area (Å²) in [6, 6.07) is 0. The fourth-order valence-electron chi connectivity index (χ4n) is 10.1. The standard InChI is InChI=1S/C57H102O12/c1-4-7-9-10-16-24-32-48-49(67-48)33-25-17-13-20-27-35-55(60)63-42-46(65-57(62)37-29-19-12-11-15-23-30-44(58)40-53-50(68-53)31-22-8-5-2)43-64-56(61)36-28-21-14-18-26-34-51-54(69-51)41-45(59)38-39-52-47(6-3)66-52/h44-54,58-59H,4-43H2,1-3H3. The number of rotatable bonds is 49. The van der Waals surface area contributed by atoms with Crippen LogP contribution in [0.5, 0.6) is 0 Å². The maximum Gasteiger partial charge on any atom is 0.306 e. The van der Waals surface area contributed by atoms with Crippen molar-refractivity contribution in [3.05, 3.63) is 0 Å². The first-order valence-electron chi connectivity index (χ1n) is 29.2. The van der Waals surface area contributed by atoms with Gasteiger partial charge < -0.3 is 43.4 Å². The largest absolute Gasteiger partial charge is 0.462 e. The van der Waals surface area contributed by atoms with E-state index in [2.05, 4.69) is 20.8 Å². The molecule has 0 aromatic heterocycles. The topological polar surface area (TPSA) is 169 Å². The lowest BCUT2D eigenvalue weighted by Crippen LogP contribution is -2.30. The molecule has 2 N–H and O–H groups in total. The summed E-state index contributed by atoms with van der Waals surface area (Å²) >= 11 is 0. The number of unbranched alkanes of at least 4 members (excludes halogenated alkanes) is 20. The first-order valence-corrected chi connectivity index (χ1v) is 29.2. The van der Waals surface area contributed by atoms with Gasteiger partial charge in [-0.2, -0.15) is 0 Å². The Kier molecular flexibility index (Phi) is 32.0. The molecule has 4 saturated heterocycles. The second-order valence-corrected chi connectivity index (χ2v) is 21.4. The van der Waals surface area contributed by atoms with Crippen LogP contribution in [-0.4, -0.2) is 108 Å². The maximum absolute atomic E-state index is 12.9. The molecule has 12 heteroatoms. The predicted octanol–water partition coefficient (Wildman–Crippen LogP) is 12.7. The van der Waals surface area contributed by atoms with Crippen molar-refractivity contribution in [3.8, 4) is 0 Å². The zero-order valence-electron chi connectivity index (χ0n) is 44.1. The van der Waals surface area contributed by atoms with Crippen LogP contribution >= 0.6 is 0 Å². The Bertz CT molecular complexity index is 1330. The summed E-state index contributed by atoms with van der Waals surface area (Å²) in [6.45, 7) is 6.34. The summed E-state index contributed by atoms with van der Waals surface area (Å²) in [5.41, 5.74) is 0. The Hall–Kier alpha value is -1.83. The molecule has 4 fully saturated rings. The first kappa shape index (κ1) is 59.7. The third kappa shape index (κ3) is 30.1. The van der Waals surface area contributed by atoms with E-state index < -0.39 is 6.10 Å². The van der Waals surface area contributed by atoms with Crippen molar-refractivity contribution >= 4 is 17.9 Å². The molecule has 0 bridgehead atoms. The van der Waals surface area contributed by atoms with Crippen molar-refractivity contribution in [2.45, 2.75) is 332 Å². The van der Waals surface area contributed by atoms with Crippen molar-refractivity contribution in [1.82, 2.24) is 0 Å². The number of carbonyl (C=O) groups excluding carboxylic acids is 3. The van der Waals surface area contributed by atoms with E-state index in [9.17, 15) is 24.6 Å². The molecule has 402 valence electrons. The highest BCUT2D eigenvalue weighted by Gasteiger charge is 2.41. The second-order valence-electron chi connectivity index (χ2n) is 21.4. The Balaban J connectivity index is 1.01. The predicted molar refractivity (Wildman–Crippen MR) is 271 cm³/mol. The van der Waals surface area contributed by atoms with Gasteiger partial charge in [-0.1, -0.05) is 162 Å². The molecule has 69 heavy (non-hydrogen) atoms. The van der Waals surface area contributed by atoms with E-state index in [1.54, 1.807) is 0 Å². The third-order valence-corrected chi connectivity index (χ3v) is 14.9. The van der Waals surface area contributed by atoms with Crippen molar-refractivity contribution in [2.24, 2.45) is 0 Å². The highest BCUT2D eigenvalue weighted by Crippen LogP contribution is 2.35. The summed E-state index contributed by atoms with van der Waals surface area (Å²) in [5.74, 6) is -1.03. The van der Waals surface area contributed by atoms with Gasteiger partial charge in [0.2, 0.25) is 0 Å². The Morgan fingerprint density at radius 2 is 0.739 bits per heavy atom. The number of aliphatic hydroxyl groups is 2. The minimum atomic E-state index is -0.839. The molecule has 0 aromatic rings. The smallest absolute Gasteiger partial charge is 0.306 e. The highest BCUT2D eigenvalue weighted by atomic mass is 16.6. The van der Waals surface area contributed by atoms with Crippen LogP contribution in [0.3, 0.4) is 0 Å². The van der Waals surface area contributed by atoms with Crippen LogP contribution in [0.15, 0.2) is 0 Å². The molecule has 0 spiro atoms. The molecule has 0 aromatic carbocycles. The van der Waals surface area contributed by atoms with E-state index in [1.165, 1.54) is 64.2 Å². The third-order valence-electron chi connectivity index (χ3n) is 14.9. The van der Waals surface area contributed by atoms with Crippen LogP contribution in [0.2, 0.25) is 0 Å². The van der Waals surface area contributed by atoms with Gasteiger partial charge in [-0.25, -0.2) is 0 Å². The maximum atomic E-state index is 12.9. The van der Waals surface area contributed by atoms with Gasteiger partial charge in [0.1, 0.15) is 13.2 Å². The molecule has 11 atom stereocenters. The summed E-state index contributed by atoms with van der Waals surface area (Å²) < 4.78 is 39.9. The van der Waals surface area contributed by atoms with Crippen LogP contribution in [0.1, 0.15) is 265 Å². The number of aliphatic hydroxyl groups excluding tert-OH is 2. The van der Waals surface area contributed by atoms with Crippen LogP contribution in [0.4, 0.5) is 0 Å². The number of hydrogen-bond donors (Lipinski definition) is 2.